The summed E-state index contributed by atoms with van der Waals surface area (Å²) in [7, 11) is 0. The lowest BCUT2D eigenvalue weighted by Crippen LogP contribution is -2.09. The smallest absolute Gasteiger partial charge is 0.339 e. The van der Waals surface area contributed by atoms with E-state index in [4.69, 9.17) is 10.3 Å². The molecule has 1 aromatic carbocycles. The van der Waals surface area contributed by atoms with Gasteiger partial charge in [0.05, 0.1) is 0 Å². The zero-order valence-corrected chi connectivity index (χ0v) is 8.54. The van der Waals surface area contributed by atoms with Crippen LogP contribution in [0.1, 0.15) is 10.4 Å². The molecule has 1 aromatic rings. The Morgan fingerprint density at radius 1 is 1.29 bits per heavy atom. The number of nitrogens with one attached hydrogen (secondary N) is 2. The first-order chi connectivity index (χ1) is 8.04. The largest absolute Gasteiger partial charge is 0.507 e. The fourth-order valence-corrected chi connectivity index (χ4v) is 1.09. The van der Waals surface area contributed by atoms with Crippen LogP contribution < -0.4 is 10.8 Å². The van der Waals surface area contributed by atoms with Crippen LogP contribution in [-0.2, 0) is 4.79 Å². The van der Waals surface area contributed by atoms with Gasteiger partial charge in [0.15, 0.2) is 0 Å². The van der Waals surface area contributed by atoms with Crippen molar-refractivity contribution in [2.75, 3.05) is 5.32 Å². The molecular weight excluding hydrogens is 228 g/mol. The van der Waals surface area contributed by atoms with Crippen LogP contribution in [0.15, 0.2) is 30.5 Å². The first-order valence-corrected chi connectivity index (χ1v) is 4.48. The average Bonchev–Trinajstić information content (AvgIpc) is 2.26. The number of amides is 1. The molecule has 0 saturated heterocycles. The highest BCUT2D eigenvalue weighted by Crippen LogP contribution is 2.21. The molecule has 5 N–H and O–H groups in total. The van der Waals surface area contributed by atoms with Gasteiger partial charge in [-0.1, -0.05) is 0 Å². The Labute approximate surface area is 96.0 Å². The Kier molecular flexibility index (Phi) is 4.07. The maximum atomic E-state index is 11.2. The summed E-state index contributed by atoms with van der Waals surface area (Å²) in [6.45, 7) is 0. The maximum absolute atomic E-state index is 11.2. The maximum Gasteiger partial charge on any atom is 0.339 e. The molecule has 0 aliphatic rings. The zero-order valence-electron chi connectivity index (χ0n) is 8.54. The summed E-state index contributed by atoms with van der Waals surface area (Å²) in [6.07, 6.45) is 2.02. The number of hydrogen-bond donors (Lipinski definition) is 5. The highest BCUT2D eigenvalue weighted by atomic mass is 16.5. The summed E-state index contributed by atoms with van der Waals surface area (Å²) >= 11 is 0. The van der Waals surface area contributed by atoms with E-state index < -0.39 is 17.6 Å². The Morgan fingerprint density at radius 2 is 2.00 bits per heavy atom. The molecule has 1 amide bonds. The van der Waals surface area contributed by atoms with Crippen molar-refractivity contribution >= 4 is 17.6 Å². The van der Waals surface area contributed by atoms with Gasteiger partial charge in [0.2, 0.25) is 5.91 Å². The zero-order chi connectivity index (χ0) is 12.8. The quantitative estimate of drug-likeness (QED) is 0.385. The molecule has 0 atom stereocenters. The number of aromatic carboxylic acids is 1. The minimum absolute atomic E-state index is 0.236. The van der Waals surface area contributed by atoms with Crippen LogP contribution in [0.2, 0.25) is 0 Å². The SMILES string of the molecule is O=C(/C=C\NO)Nc1ccc(C(=O)O)c(O)c1. The summed E-state index contributed by atoms with van der Waals surface area (Å²) in [5.41, 5.74) is 1.63. The number of carbonyl (C=O) groups excluding carboxylic acids is 1. The van der Waals surface area contributed by atoms with Crippen LogP contribution >= 0.6 is 0 Å². The molecule has 1 rings (SSSR count). The van der Waals surface area contributed by atoms with Gasteiger partial charge in [0, 0.05) is 24.0 Å². The van der Waals surface area contributed by atoms with Gasteiger partial charge in [-0.05, 0) is 12.1 Å². The molecule has 0 aromatic heterocycles. The van der Waals surface area contributed by atoms with Crippen LogP contribution in [-0.4, -0.2) is 27.3 Å². The van der Waals surface area contributed by atoms with E-state index in [-0.39, 0.29) is 11.3 Å². The number of rotatable bonds is 4. The van der Waals surface area contributed by atoms with Crippen molar-refractivity contribution in [1.82, 2.24) is 5.48 Å². The summed E-state index contributed by atoms with van der Waals surface area (Å²) in [5.74, 6) is -2.25. The normalized spacial score (nSPS) is 10.2. The molecule has 0 radical (unpaired) electrons. The molecule has 0 unspecified atom stereocenters. The lowest BCUT2D eigenvalue weighted by atomic mass is 10.2. The molecule has 0 heterocycles. The Hall–Kier alpha value is -2.54. The van der Waals surface area contributed by atoms with Gasteiger partial charge >= 0.3 is 5.97 Å². The number of hydroxylamine groups is 1. The average molecular weight is 238 g/mol. The molecule has 0 aliphatic heterocycles. The summed E-state index contributed by atoms with van der Waals surface area (Å²) in [6, 6.07) is 3.62. The number of hydrogen-bond acceptors (Lipinski definition) is 5. The number of benzene rings is 1. The second-order valence-corrected chi connectivity index (χ2v) is 2.99. The minimum Gasteiger partial charge on any atom is -0.507 e. The van der Waals surface area contributed by atoms with Gasteiger partial charge in [-0.15, -0.1) is 0 Å². The van der Waals surface area contributed by atoms with Crippen LogP contribution in [0.5, 0.6) is 5.75 Å². The minimum atomic E-state index is -1.26. The Morgan fingerprint density at radius 3 is 2.53 bits per heavy atom. The van der Waals surface area contributed by atoms with Gasteiger partial charge in [-0.2, -0.15) is 0 Å². The van der Waals surface area contributed by atoms with Crippen LogP contribution in [0, 0.1) is 0 Å². The molecule has 0 spiro atoms. The van der Waals surface area contributed by atoms with Crippen LogP contribution in [0.3, 0.4) is 0 Å². The molecule has 7 heteroatoms. The van der Waals surface area contributed by atoms with Gasteiger partial charge in [-0.3, -0.25) is 15.5 Å². The summed E-state index contributed by atoms with van der Waals surface area (Å²) < 4.78 is 0. The second kappa shape index (κ2) is 5.52. The summed E-state index contributed by atoms with van der Waals surface area (Å²) in [4.78, 5) is 21.8. The molecule has 0 bridgehead atoms. The molecule has 0 saturated carbocycles. The molecule has 7 nitrogen and oxygen atoms in total. The highest BCUT2D eigenvalue weighted by molar-refractivity contribution is 6.00. The second-order valence-electron chi connectivity index (χ2n) is 2.99. The van der Waals surface area contributed by atoms with Crippen molar-refractivity contribution in [1.29, 1.82) is 0 Å². The Balaban J connectivity index is 2.81. The fourth-order valence-electron chi connectivity index (χ4n) is 1.09. The number of carboxylic acids is 1. The van der Waals surface area contributed by atoms with E-state index in [1.165, 1.54) is 12.1 Å². The molecule has 90 valence electrons. The van der Waals surface area contributed by atoms with Crippen molar-refractivity contribution in [3.8, 4) is 5.75 Å². The van der Waals surface area contributed by atoms with Crippen LogP contribution in [0.4, 0.5) is 5.69 Å². The van der Waals surface area contributed by atoms with E-state index >= 15 is 0 Å². The highest BCUT2D eigenvalue weighted by Gasteiger charge is 2.10. The van der Waals surface area contributed by atoms with E-state index in [1.54, 1.807) is 5.48 Å². The third-order valence-electron chi connectivity index (χ3n) is 1.80. The number of phenols is 1. The lowest BCUT2D eigenvalue weighted by Gasteiger charge is -2.04. The molecular formula is C10H10N2O5. The third kappa shape index (κ3) is 3.50. The van der Waals surface area contributed by atoms with Crippen molar-refractivity contribution in [2.24, 2.45) is 0 Å². The Bertz CT molecular complexity index is 470. The third-order valence-corrected chi connectivity index (χ3v) is 1.80. The van der Waals surface area contributed by atoms with Gasteiger partial charge in [0.1, 0.15) is 11.3 Å². The van der Waals surface area contributed by atoms with E-state index in [1.807, 2.05) is 0 Å². The number of aromatic hydroxyl groups is 1. The first-order valence-electron chi connectivity index (χ1n) is 4.48. The van der Waals surface area contributed by atoms with E-state index in [0.29, 0.717) is 0 Å². The molecule has 0 fully saturated rings. The molecule has 0 aliphatic carbocycles. The van der Waals surface area contributed by atoms with Crippen molar-refractivity contribution in [2.45, 2.75) is 0 Å². The first kappa shape index (κ1) is 12.5. The standard InChI is InChI=1S/C10H10N2O5/c13-8-5-6(1-2-7(8)10(15)16)12-9(14)3-4-11-17/h1-5,11,13,17H,(H,12,14)(H,15,16)/b4-3-. The predicted molar refractivity (Wildman–Crippen MR) is 57.8 cm³/mol. The predicted octanol–water partition coefficient (Wildman–Crippen LogP) is 0.521. The van der Waals surface area contributed by atoms with Gasteiger partial charge in [-0.25, -0.2) is 4.79 Å². The monoisotopic (exact) mass is 238 g/mol. The lowest BCUT2D eigenvalue weighted by molar-refractivity contribution is -0.112. The van der Waals surface area contributed by atoms with Crippen LogP contribution in [0.25, 0.3) is 0 Å². The fraction of sp³-hybridized carbons (Fsp3) is 0. The summed E-state index contributed by atoms with van der Waals surface area (Å²) in [5, 5.41) is 28.6. The van der Waals surface area contributed by atoms with Gasteiger partial charge in [0.25, 0.3) is 0 Å². The van der Waals surface area contributed by atoms with Crippen molar-refractivity contribution in [3.63, 3.8) is 0 Å². The topological polar surface area (TPSA) is 119 Å². The van der Waals surface area contributed by atoms with Crippen molar-refractivity contribution < 1.29 is 25.0 Å². The van der Waals surface area contributed by atoms with Gasteiger partial charge < -0.3 is 15.5 Å². The van der Waals surface area contributed by atoms with E-state index in [2.05, 4.69) is 5.32 Å². The number of carboxylic acid groups (broad SMARTS) is 1. The number of anilines is 1. The van der Waals surface area contributed by atoms with Crippen molar-refractivity contribution in [3.05, 3.63) is 36.0 Å². The molecule has 17 heavy (non-hydrogen) atoms. The van der Waals surface area contributed by atoms with E-state index in [9.17, 15) is 14.7 Å². The number of carbonyl (C=O) groups is 2. The van der Waals surface area contributed by atoms with E-state index in [0.717, 1.165) is 18.3 Å².